The van der Waals surface area contributed by atoms with E-state index in [-0.39, 0.29) is 0 Å². The van der Waals surface area contributed by atoms with Gasteiger partial charge in [0.05, 0.1) is 5.02 Å². The van der Waals surface area contributed by atoms with Gasteiger partial charge in [0.15, 0.2) is 0 Å². The third kappa shape index (κ3) is 3.12. The van der Waals surface area contributed by atoms with Gasteiger partial charge in [-0.2, -0.15) is 0 Å². The van der Waals surface area contributed by atoms with Gasteiger partial charge < -0.3 is 4.90 Å². The van der Waals surface area contributed by atoms with E-state index in [0.717, 1.165) is 41.5 Å². The van der Waals surface area contributed by atoms with Crippen LogP contribution in [0.5, 0.6) is 0 Å². The molecule has 1 aromatic heterocycles. The molecule has 0 amide bonds. The van der Waals surface area contributed by atoms with Crippen LogP contribution in [0, 0.1) is 0 Å². The van der Waals surface area contributed by atoms with Gasteiger partial charge in [-0.1, -0.05) is 11.6 Å². The average molecular weight is 319 g/mol. The molecule has 94 valence electrons. The van der Waals surface area contributed by atoms with Crippen LogP contribution in [0.1, 0.15) is 13.8 Å². The summed E-state index contributed by atoms with van der Waals surface area (Å²) in [5, 5.41) is 0.720. The van der Waals surface area contributed by atoms with Gasteiger partial charge in [-0.25, -0.2) is 4.98 Å². The molecule has 17 heavy (non-hydrogen) atoms. The van der Waals surface area contributed by atoms with E-state index >= 15 is 0 Å². The number of nitrogens with zero attached hydrogens (tertiary/aromatic N) is 3. The fraction of sp³-hybridized carbons (Fsp3) is 0.583. The molecule has 0 N–H and O–H groups in total. The summed E-state index contributed by atoms with van der Waals surface area (Å²) in [6.45, 7) is 8.61. The number of rotatable bonds is 2. The summed E-state index contributed by atoms with van der Waals surface area (Å²) in [5.41, 5.74) is 0. The second kappa shape index (κ2) is 5.55. The molecular formula is C12H17BrClN3. The van der Waals surface area contributed by atoms with Crippen LogP contribution in [0.3, 0.4) is 0 Å². The highest BCUT2D eigenvalue weighted by atomic mass is 79.9. The molecule has 0 atom stereocenters. The summed E-state index contributed by atoms with van der Waals surface area (Å²) in [6, 6.07) is 2.52. The quantitative estimate of drug-likeness (QED) is 0.835. The lowest BCUT2D eigenvalue weighted by Crippen LogP contribution is -2.49. The first-order chi connectivity index (χ1) is 8.08. The predicted octanol–water partition coefficient (Wildman–Crippen LogP) is 3.03. The molecule has 0 radical (unpaired) electrons. The summed E-state index contributed by atoms with van der Waals surface area (Å²) < 4.78 is 0.923. The minimum absolute atomic E-state index is 0.616. The van der Waals surface area contributed by atoms with Gasteiger partial charge in [0.1, 0.15) is 5.82 Å². The van der Waals surface area contributed by atoms with Crippen molar-refractivity contribution in [2.45, 2.75) is 19.9 Å². The molecule has 1 aromatic rings. The standard InChI is InChI=1S/C12H17BrClN3/c1-9(2)16-3-5-17(6-4-16)12-11(14)7-10(13)8-15-12/h7-9H,3-6H2,1-2H3. The molecule has 0 unspecified atom stereocenters. The van der Waals surface area contributed by atoms with Gasteiger partial charge in [-0.15, -0.1) is 0 Å². The Morgan fingerprint density at radius 3 is 2.47 bits per heavy atom. The Morgan fingerprint density at radius 2 is 1.94 bits per heavy atom. The van der Waals surface area contributed by atoms with Crippen molar-refractivity contribution >= 4 is 33.3 Å². The topological polar surface area (TPSA) is 19.4 Å². The fourth-order valence-corrected chi connectivity index (χ4v) is 2.84. The fourth-order valence-electron chi connectivity index (χ4n) is 2.09. The van der Waals surface area contributed by atoms with Gasteiger partial charge in [0.25, 0.3) is 0 Å². The van der Waals surface area contributed by atoms with E-state index in [1.54, 1.807) is 6.20 Å². The molecule has 0 bridgehead atoms. The molecule has 0 aliphatic carbocycles. The normalized spacial score (nSPS) is 17.8. The number of anilines is 1. The first-order valence-electron chi connectivity index (χ1n) is 5.88. The van der Waals surface area contributed by atoms with Crippen LogP contribution in [-0.2, 0) is 0 Å². The molecule has 0 spiro atoms. The largest absolute Gasteiger partial charge is 0.353 e. The molecule has 1 aliphatic heterocycles. The lowest BCUT2D eigenvalue weighted by atomic mass is 10.2. The maximum absolute atomic E-state index is 6.21. The summed E-state index contributed by atoms with van der Waals surface area (Å²) in [4.78, 5) is 9.13. The maximum Gasteiger partial charge on any atom is 0.147 e. The summed E-state index contributed by atoms with van der Waals surface area (Å²) in [7, 11) is 0. The zero-order valence-corrected chi connectivity index (χ0v) is 12.5. The van der Waals surface area contributed by atoms with Crippen LogP contribution in [0.25, 0.3) is 0 Å². The molecule has 1 fully saturated rings. The number of halogens is 2. The van der Waals surface area contributed by atoms with E-state index < -0.39 is 0 Å². The lowest BCUT2D eigenvalue weighted by Gasteiger charge is -2.37. The number of aromatic nitrogens is 1. The van der Waals surface area contributed by atoms with Gasteiger partial charge in [0.2, 0.25) is 0 Å². The number of hydrogen-bond acceptors (Lipinski definition) is 3. The zero-order chi connectivity index (χ0) is 12.4. The molecule has 0 saturated carbocycles. The smallest absolute Gasteiger partial charge is 0.147 e. The maximum atomic E-state index is 6.21. The Kier molecular flexibility index (Phi) is 4.28. The Hall–Kier alpha value is -0.320. The van der Waals surface area contributed by atoms with Crippen LogP contribution >= 0.6 is 27.5 Å². The van der Waals surface area contributed by atoms with Gasteiger partial charge >= 0.3 is 0 Å². The van der Waals surface area contributed by atoms with Crippen molar-refractivity contribution in [3.63, 3.8) is 0 Å². The van der Waals surface area contributed by atoms with Crippen molar-refractivity contribution in [1.82, 2.24) is 9.88 Å². The number of pyridine rings is 1. The molecule has 5 heteroatoms. The third-order valence-corrected chi connectivity index (χ3v) is 3.84. The molecule has 1 saturated heterocycles. The van der Waals surface area contributed by atoms with Crippen LogP contribution in [0.4, 0.5) is 5.82 Å². The molecular weight excluding hydrogens is 302 g/mol. The van der Waals surface area contributed by atoms with E-state index in [1.165, 1.54) is 0 Å². The van der Waals surface area contributed by atoms with Crippen molar-refractivity contribution in [3.05, 3.63) is 21.8 Å². The monoisotopic (exact) mass is 317 g/mol. The Bertz CT molecular complexity index is 389. The summed E-state index contributed by atoms with van der Waals surface area (Å²) >= 11 is 9.59. The summed E-state index contributed by atoms with van der Waals surface area (Å²) in [5.74, 6) is 0.901. The van der Waals surface area contributed by atoms with Crippen molar-refractivity contribution < 1.29 is 0 Å². The second-order valence-electron chi connectivity index (χ2n) is 4.58. The SMILES string of the molecule is CC(C)N1CCN(c2ncc(Br)cc2Cl)CC1. The van der Waals surface area contributed by atoms with Crippen molar-refractivity contribution in [1.29, 1.82) is 0 Å². The highest BCUT2D eigenvalue weighted by molar-refractivity contribution is 9.10. The predicted molar refractivity (Wildman–Crippen MR) is 75.9 cm³/mol. The number of hydrogen-bond donors (Lipinski definition) is 0. The third-order valence-electron chi connectivity index (χ3n) is 3.13. The number of piperazine rings is 1. The molecule has 0 aromatic carbocycles. The Balaban J connectivity index is 2.05. The van der Waals surface area contributed by atoms with Gasteiger partial charge in [-0.05, 0) is 35.8 Å². The summed E-state index contributed by atoms with van der Waals surface area (Å²) in [6.07, 6.45) is 1.80. The first kappa shape index (κ1) is 13.1. The van der Waals surface area contributed by atoms with Crippen LogP contribution in [0.15, 0.2) is 16.7 Å². The van der Waals surface area contributed by atoms with E-state index in [2.05, 4.69) is 44.6 Å². The van der Waals surface area contributed by atoms with Crippen molar-refractivity contribution in [2.24, 2.45) is 0 Å². The first-order valence-corrected chi connectivity index (χ1v) is 7.05. The Labute approximate surface area is 116 Å². The Morgan fingerprint density at radius 1 is 1.29 bits per heavy atom. The molecule has 2 heterocycles. The van der Waals surface area contributed by atoms with Crippen LogP contribution in [-0.4, -0.2) is 42.1 Å². The minimum Gasteiger partial charge on any atom is -0.353 e. The van der Waals surface area contributed by atoms with Crippen molar-refractivity contribution in [3.8, 4) is 0 Å². The van der Waals surface area contributed by atoms with E-state index in [9.17, 15) is 0 Å². The molecule has 1 aliphatic rings. The van der Waals surface area contributed by atoms with E-state index in [0.29, 0.717) is 6.04 Å². The molecule has 2 rings (SSSR count). The highest BCUT2D eigenvalue weighted by Crippen LogP contribution is 2.27. The second-order valence-corrected chi connectivity index (χ2v) is 5.90. The van der Waals surface area contributed by atoms with E-state index in [4.69, 9.17) is 11.6 Å². The van der Waals surface area contributed by atoms with E-state index in [1.807, 2.05) is 6.07 Å². The minimum atomic E-state index is 0.616. The van der Waals surface area contributed by atoms with Crippen molar-refractivity contribution in [2.75, 3.05) is 31.1 Å². The average Bonchev–Trinajstić information content (AvgIpc) is 2.29. The zero-order valence-electron chi connectivity index (χ0n) is 10.2. The lowest BCUT2D eigenvalue weighted by molar-refractivity contribution is 0.209. The molecule has 3 nitrogen and oxygen atoms in total. The van der Waals surface area contributed by atoms with Crippen LogP contribution in [0.2, 0.25) is 5.02 Å². The van der Waals surface area contributed by atoms with Gasteiger partial charge in [0, 0.05) is 42.9 Å². The highest BCUT2D eigenvalue weighted by Gasteiger charge is 2.21. The van der Waals surface area contributed by atoms with Gasteiger partial charge in [-0.3, -0.25) is 4.90 Å². The van der Waals surface area contributed by atoms with Crippen LogP contribution < -0.4 is 4.90 Å².